The van der Waals surface area contributed by atoms with Crippen molar-refractivity contribution >= 4 is 58.3 Å². The third kappa shape index (κ3) is 5.89. The number of halogens is 1. The summed E-state index contributed by atoms with van der Waals surface area (Å²) in [5, 5.41) is 16.8. The van der Waals surface area contributed by atoms with Crippen molar-refractivity contribution in [2.24, 2.45) is 4.99 Å². The number of anilines is 1. The highest BCUT2D eigenvalue weighted by molar-refractivity contribution is 14.0. The minimum Gasteiger partial charge on any atom is -0.506 e. The number of benzene rings is 1. The fraction of sp³-hybridized carbons (Fsp3) is 0.364. The molecule has 0 spiro atoms. The van der Waals surface area contributed by atoms with Gasteiger partial charge in [0.1, 0.15) is 5.75 Å². The van der Waals surface area contributed by atoms with E-state index in [1.165, 1.54) is 9.75 Å². The largest absolute Gasteiger partial charge is 0.506 e. The zero-order valence-corrected chi connectivity index (χ0v) is 21.7. The van der Waals surface area contributed by atoms with E-state index >= 15 is 0 Å². The van der Waals surface area contributed by atoms with Gasteiger partial charge in [0.05, 0.1) is 21.3 Å². The molecule has 0 radical (unpaired) electrons. The lowest BCUT2D eigenvalue weighted by molar-refractivity contribution is 0.370. The van der Waals surface area contributed by atoms with E-state index in [9.17, 15) is 5.11 Å². The molecule has 1 aliphatic rings. The van der Waals surface area contributed by atoms with Gasteiger partial charge in [-0.15, -0.1) is 46.7 Å². The molecule has 3 aromatic rings. The second kappa shape index (κ2) is 11.1. The second-order valence-electron chi connectivity index (χ2n) is 7.20. The second-order valence-corrected chi connectivity index (χ2v) is 9.44. The Morgan fingerprint density at radius 2 is 1.94 bits per heavy atom. The van der Waals surface area contributed by atoms with Crippen LogP contribution in [0.5, 0.6) is 5.75 Å². The molecule has 0 bridgehead atoms. The molecule has 2 N–H and O–H groups in total. The molecule has 166 valence electrons. The Balaban J connectivity index is 0.00000272. The number of aliphatic imine (C=N–C) groups is 1. The number of phenols is 1. The maximum Gasteiger partial charge on any atom is 0.193 e. The number of guanidine groups is 1. The van der Waals surface area contributed by atoms with Crippen LogP contribution in [0.1, 0.15) is 9.88 Å². The molecule has 9 heteroatoms. The minimum atomic E-state index is 0. The predicted octanol–water partition coefficient (Wildman–Crippen LogP) is 4.44. The van der Waals surface area contributed by atoms with Crippen molar-refractivity contribution in [1.82, 2.24) is 15.2 Å². The van der Waals surface area contributed by atoms with E-state index in [1.54, 1.807) is 17.4 Å². The smallest absolute Gasteiger partial charge is 0.193 e. The molecular formula is C22H28IN5OS2. The molecular weight excluding hydrogens is 541 g/mol. The molecule has 1 fully saturated rings. The number of phenolic OH excluding ortho intramolecular Hbond substituents is 1. The number of rotatable bonds is 5. The van der Waals surface area contributed by atoms with Crippen molar-refractivity contribution in [3.05, 3.63) is 51.7 Å². The number of para-hydroxylation sites is 2. The number of piperazine rings is 1. The SMILES string of the molecule is CN=C(NCCc1ccc(-c2csc(C)n2)s1)N1CCN(c2ccccc2O)CC1.I. The van der Waals surface area contributed by atoms with E-state index in [2.05, 4.69) is 42.6 Å². The van der Waals surface area contributed by atoms with Gasteiger partial charge in [0, 0.05) is 50.0 Å². The maximum absolute atomic E-state index is 10.1. The van der Waals surface area contributed by atoms with Gasteiger partial charge in [0.15, 0.2) is 5.96 Å². The van der Waals surface area contributed by atoms with Gasteiger partial charge >= 0.3 is 0 Å². The number of hydrogen-bond donors (Lipinski definition) is 2. The number of aryl methyl sites for hydroxylation is 1. The summed E-state index contributed by atoms with van der Waals surface area (Å²) < 4.78 is 0. The van der Waals surface area contributed by atoms with E-state index in [0.717, 1.165) is 61.5 Å². The number of thiophene rings is 1. The number of aromatic hydroxyl groups is 1. The molecule has 0 aliphatic carbocycles. The van der Waals surface area contributed by atoms with Crippen LogP contribution >= 0.6 is 46.7 Å². The van der Waals surface area contributed by atoms with Gasteiger partial charge in [-0.2, -0.15) is 0 Å². The van der Waals surface area contributed by atoms with E-state index in [4.69, 9.17) is 0 Å². The summed E-state index contributed by atoms with van der Waals surface area (Å²) in [6, 6.07) is 11.9. The topological polar surface area (TPSA) is 64.0 Å². The molecule has 1 aliphatic heterocycles. The monoisotopic (exact) mass is 569 g/mol. The molecule has 0 saturated carbocycles. The Kier molecular flexibility index (Phi) is 8.56. The highest BCUT2D eigenvalue weighted by Gasteiger charge is 2.21. The minimum absolute atomic E-state index is 0. The van der Waals surface area contributed by atoms with E-state index < -0.39 is 0 Å². The molecule has 0 atom stereocenters. The molecule has 2 aromatic heterocycles. The highest BCUT2D eigenvalue weighted by atomic mass is 127. The summed E-state index contributed by atoms with van der Waals surface area (Å²) >= 11 is 3.51. The average molecular weight is 570 g/mol. The number of nitrogens with zero attached hydrogens (tertiary/aromatic N) is 4. The van der Waals surface area contributed by atoms with Crippen LogP contribution in [-0.4, -0.2) is 60.7 Å². The Bertz CT molecular complexity index is 1010. The Morgan fingerprint density at radius 3 is 2.61 bits per heavy atom. The first kappa shape index (κ1) is 23.8. The van der Waals surface area contributed by atoms with Crippen LogP contribution in [0.2, 0.25) is 0 Å². The lowest BCUT2D eigenvalue weighted by atomic mass is 10.2. The number of nitrogens with one attached hydrogen (secondary N) is 1. The summed E-state index contributed by atoms with van der Waals surface area (Å²) in [5.41, 5.74) is 1.99. The van der Waals surface area contributed by atoms with Crippen LogP contribution in [0, 0.1) is 6.92 Å². The molecule has 4 rings (SSSR count). The van der Waals surface area contributed by atoms with Gasteiger partial charge in [-0.05, 0) is 37.6 Å². The van der Waals surface area contributed by atoms with Crippen LogP contribution < -0.4 is 10.2 Å². The van der Waals surface area contributed by atoms with Gasteiger partial charge in [-0.3, -0.25) is 4.99 Å². The molecule has 0 unspecified atom stereocenters. The Labute approximate surface area is 208 Å². The Hall–Kier alpha value is -1.85. The molecule has 3 heterocycles. The van der Waals surface area contributed by atoms with Crippen LogP contribution in [0.4, 0.5) is 5.69 Å². The third-order valence-electron chi connectivity index (χ3n) is 5.20. The maximum atomic E-state index is 10.1. The van der Waals surface area contributed by atoms with Crippen LogP contribution in [0.25, 0.3) is 10.6 Å². The quantitative estimate of drug-likeness (QED) is 0.270. The summed E-state index contributed by atoms with van der Waals surface area (Å²) in [4.78, 5) is 16.2. The average Bonchev–Trinajstić information content (AvgIpc) is 3.41. The number of thiazole rings is 1. The van der Waals surface area contributed by atoms with Gasteiger partial charge < -0.3 is 20.2 Å². The lowest BCUT2D eigenvalue weighted by Crippen LogP contribution is -2.52. The first-order valence-corrected chi connectivity index (χ1v) is 11.8. The van der Waals surface area contributed by atoms with Gasteiger partial charge in [0.2, 0.25) is 0 Å². The lowest BCUT2D eigenvalue weighted by Gasteiger charge is -2.37. The first-order chi connectivity index (χ1) is 14.6. The Morgan fingerprint density at radius 1 is 1.16 bits per heavy atom. The zero-order valence-electron chi connectivity index (χ0n) is 17.7. The van der Waals surface area contributed by atoms with Crippen molar-refractivity contribution < 1.29 is 5.11 Å². The highest BCUT2D eigenvalue weighted by Crippen LogP contribution is 2.29. The standard InChI is InChI=1S/C22H27N5OS2.HI/c1-16-25-18(15-29-16)21-8-7-17(30-21)9-10-24-22(23-2)27-13-11-26(12-14-27)19-5-3-4-6-20(19)28;/h3-8,15,28H,9-14H2,1-2H3,(H,23,24);1H. The van der Waals surface area contributed by atoms with Crippen LogP contribution in [0.3, 0.4) is 0 Å². The summed E-state index contributed by atoms with van der Waals surface area (Å²) in [7, 11) is 1.84. The first-order valence-electron chi connectivity index (χ1n) is 10.1. The fourth-order valence-electron chi connectivity index (χ4n) is 3.65. The van der Waals surface area contributed by atoms with Gasteiger partial charge in [-0.25, -0.2) is 4.98 Å². The number of aromatic nitrogens is 1. The summed E-state index contributed by atoms with van der Waals surface area (Å²) in [6.45, 7) is 6.36. The summed E-state index contributed by atoms with van der Waals surface area (Å²) in [6.07, 6.45) is 0.963. The van der Waals surface area contributed by atoms with Crippen molar-refractivity contribution in [3.63, 3.8) is 0 Å². The fourth-order valence-corrected chi connectivity index (χ4v) is 5.30. The van der Waals surface area contributed by atoms with Gasteiger partial charge in [0.25, 0.3) is 0 Å². The van der Waals surface area contributed by atoms with E-state index in [0.29, 0.717) is 5.75 Å². The van der Waals surface area contributed by atoms with Crippen LogP contribution in [-0.2, 0) is 6.42 Å². The summed E-state index contributed by atoms with van der Waals surface area (Å²) in [5.74, 6) is 1.29. The number of hydrogen-bond acceptors (Lipinski definition) is 6. The normalized spacial score (nSPS) is 14.5. The van der Waals surface area contributed by atoms with Crippen molar-refractivity contribution in [2.75, 3.05) is 44.7 Å². The van der Waals surface area contributed by atoms with Crippen molar-refractivity contribution in [2.45, 2.75) is 13.3 Å². The van der Waals surface area contributed by atoms with E-state index in [-0.39, 0.29) is 24.0 Å². The predicted molar refractivity (Wildman–Crippen MR) is 143 cm³/mol. The zero-order chi connectivity index (χ0) is 20.9. The van der Waals surface area contributed by atoms with Crippen molar-refractivity contribution in [1.29, 1.82) is 0 Å². The van der Waals surface area contributed by atoms with Gasteiger partial charge in [-0.1, -0.05) is 12.1 Å². The third-order valence-corrected chi connectivity index (χ3v) is 7.14. The van der Waals surface area contributed by atoms with Crippen molar-refractivity contribution in [3.8, 4) is 16.3 Å². The molecule has 1 saturated heterocycles. The molecule has 6 nitrogen and oxygen atoms in total. The molecule has 31 heavy (non-hydrogen) atoms. The molecule has 1 aromatic carbocycles. The van der Waals surface area contributed by atoms with E-state index in [1.807, 2.05) is 43.5 Å². The molecule has 0 amide bonds. The van der Waals surface area contributed by atoms with Crippen LogP contribution in [0.15, 0.2) is 46.8 Å².